The van der Waals surface area contributed by atoms with Gasteiger partial charge in [-0.3, -0.25) is 0 Å². The number of nitrogens with zero attached hydrogens (tertiary/aromatic N) is 2. The van der Waals surface area contributed by atoms with E-state index >= 15 is 0 Å². The van der Waals surface area contributed by atoms with Gasteiger partial charge < -0.3 is 4.40 Å². The molecule has 0 N–H and O–H groups in total. The van der Waals surface area contributed by atoms with Crippen molar-refractivity contribution in [2.45, 2.75) is 6.92 Å². The summed E-state index contributed by atoms with van der Waals surface area (Å²) in [6, 6.07) is 9.55. The molecule has 90 valence electrons. The number of halogens is 2. The molecule has 2 heterocycles. The average Bonchev–Trinajstić information content (AvgIpc) is 2.74. The molecule has 18 heavy (non-hydrogen) atoms. The first-order valence-electron chi connectivity index (χ1n) is 5.54. The molecule has 0 bridgehead atoms. The number of rotatable bonds is 1. The third kappa shape index (κ3) is 1.98. The number of pyridine rings is 1. The van der Waals surface area contributed by atoms with Crippen LogP contribution in [0.15, 0.2) is 42.7 Å². The Bertz CT molecular complexity index is 714. The summed E-state index contributed by atoms with van der Waals surface area (Å²) in [5.41, 5.74) is 3.93. The van der Waals surface area contributed by atoms with Gasteiger partial charge in [0.1, 0.15) is 5.65 Å². The molecule has 0 saturated heterocycles. The normalized spacial score (nSPS) is 11.1. The van der Waals surface area contributed by atoms with E-state index in [-0.39, 0.29) is 0 Å². The van der Waals surface area contributed by atoms with Crippen LogP contribution in [-0.4, -0.2) is 9.38 Å². The summed E-state index contributed by atoms with van der Waals surface area (Å²) in [4.78, 5) is 4.61. The SMILES string of the molecule is Cc1cc(Cl)cn2cc(-c3ccc(Cl)cc3)nc12. The Morgan fingerprint density at radius 3 is 2.44 bits per heavy atom. The summed E-state index contributed by atoms with van der Waals surface area (Å²) in [7, 11) is 0. The van der Waals surface area contributed by atoms with Gasteiger partial charge in [0.25, 0.3) is 0 Å². The van der Waals surface area contributed by atoms with Gasteiger partial charge in [0, 0.05) is 23.0 Å². The number of aromatic nitrogens is 2. The number of hydrogen-bond donors (Lipinski definition) is 0. The van der Waals surface area contributed by atoms with Crippen molar-refractivity contribution in [1.82, 2.24) is 9.38 Å². The van der Waals surface area contributed by atoms with Gasteiger partial charge in [0.2, 0.25) is 0 Å². The second kappa shape index (κ2) is 4.30. The van der Waals surface area contributed by atoms with Crippen LogP contribution in [0.5, 0.6) is 0 Å². The second-order valence-electron chi connectivity index (χ2n) is 4.21. The topological polar surface area (TPSA) is 17.3 Å². The number of imidazole rings is 1. The monoisotopic (exact) mass is 276 g/mol. The van der Waals surface area contributed by atoms with Crippen molar-refractivity contribution in [3.63, 3.8) is 0 Å². The summed E-state index contributed by atoms with van der Waals surface area (Å²) in [6.07, 6.45) is 3.83. The van der Waals surface area contributed by atoms with Crippen LogP contribution in [0.2, 0.25) is 10.0 Å². The highest BCUT2D eigenvalue weighted by molar-refractivity contribution is 6.30. The molecule has 2 nitrogen and oxygen atoms in total. The van der Waals surface area contributed by atoms with Crippen LogP contribution in [0.25, 0.3) is 16.9 Å². The molecule has 3 aromatic rings. The van der Waals surface area contributed by atoms with Gasteiger partial charge in [0.05, 0.1) is 10.7 Å². The molecule has 0 spiro atoms. The van der Waals surface area contributed by atoms with E-state index in [1.807, 2.05) is 54.0 Å². The van der Waals surface area contributed by atoms with Crippen molar-refractivity contribution in [3.8, 4) is 11.3 Å². The van der Waals surface area contributed by atoms with Gasteiger partial charge in [-0.15, -0.1) is 0 Å². The molecular weight excluding hydrogens is 267 g/mol. The maximum Gasteiger partial charge on any atom is 0.140 e. The number of aryl methyl sites for hydroxylation is 1. The Kier molecular flexibility index (Phi) is 2.77. The van der Waals surface area contributed by atoms with Crippen LogP contribution in [0, 0.1) is 6.92 Å². The molecule has 0 aliphatic rings. The van der Waals surface area contributed by atoms with E-state index in [0.717, 1.165) is 27.5 Å². The predicted molar refractivity (Wildman–Crippen MR) is 75.4 cm³/mol. The highest BCUT2D eigenvalue weighted by Crippen LogP contribution is 2.23. The molecule has 0 radical (unpaired) electrons. The van der Waals surface area contributed by atoms with E-state index in [9.17, 15) is 0 Å². The van der Waals surface area contributed by atoms with E-state index in [2.05, 4.69) is 4.98 Å². The van der Waals surface area contributed by atoms with E-state index in [0.29, 0.717) is 5.02 Å². The highest BCUT2D eigenvalue weighted by Gasteiger charge is 2.07. The van der Waals surface area contributed by atoms with Crippen molar-refractivity contribution in [1.29, 1.82) is 0 Å². The summed E-state index contributed by atoms with van der Waals surface area (Å²) in [5, 5.41) is 1.43. The van der Waals surface area contributed by atoms with Crippen LogP contribution in [-0.2, 0) is 0 Å². The minimum absolute atomic E-state index is 0.708. The molecular formula is C14H10Cl2N2. The maximum atomic E-state index is 6.03. The van der Waals surface area contributed by atoms with Gasteiger partial charge >= 0.3 is 0 Å². The Morgan fingerprint density at radius 1 is 1.00 bits per heavy atom. The molecule has 0 unspecified atom stereocenters. The van der Waals surface area contributed by atoms with Crippen molar-refractivity contribution in [2.24, 2.45) is 0 Å². The fraction of sp³-hybridized carbons (Fsp3) is 0.0714. The Balaban J connectivity index is 2.19. The van der Waals surface area contributed by atoms with Crippen LogP contribution < -0.4 is 0 Å². The standard InChI is InChI=1S/C14H10Cl2N2/c1-9-6-12(16)7-18-8-13(17-14(9)18)10-2-4-11(15)5-3-10/h2-8H,1H3. The molecule has 0 aliphatic carbocycles. The average molecular weight is 277 g/mol. The smallest absolute Gasteiger partial charge is 0.140 e. The zero-order chi connectivity index (χ0) is 12.7. The lowest BCUT2D eigenvalue weighted by molar-refractivity contribution is 1.16. The number of hydrogen-bond acceptors (Lipinski definition) is 1. The van der Waals surface area contributed by atoms with E-state index in [1.54, 1.807) is 0 Å². The molecule has 1 aromatic carbocycles. The van der Waals surface area contributed by atoms with Crippen LogP contribution in [0.4, 0.5) is 0 Å². The molecule has 0 atom stereocenters. The fourth-order valence-electron chi connectivity index (χ4n) is 1.99. The predicted octanol–water partition coefficient (Wildman–Crippen LogP) is 4.62. The minimum Gasteiger partial charge on any atom is -0.305 e. The van der Waals surface area contributed by atoms with E-state index < -0.39 is 0 Å². The van der Waals surface area contributed by atoms with Gasteiger partial charge in [-0.2, -0.15) is 0 Å². The van der Waals surface area contributed by atoms with Crippen molar-refractivity contribution in [2.75, 3.05) is 0 Å². The van der Waals surface area contributed by atoms with Crippen LogP contribution >= 0.6 is 23.2 Å². The molecule has 2 aromatic heterocycles. The van der Waals surface area contributed by atoms with Crippen molar-refractivity contribution < 1.29 is 0 Å². The summed E-state index contributed by atoms with van der Waals surface area (Å²) in [6.45, 7) is 2.00. The molecule has 0 fully saturated rings. The quantitative estimate of drug-likeness (QED) is 0.634. The van der Waals surface area contributed by atoms with Gasteiger partial charge in [-0.25, -0.2) is 4.98 Å². The second-order valence-corrected chi connectivity index (χ2v) is 5.08. The van der Waals surface area contributed by atoms with Crippen molar-refractivity contribution in [3.05, 3.63) is 58.3 Å². The largest absolute Gasteiger partial charge is 0.305 e. The molecule has 0 aliphatic heterocycles. The zero-order valence-corrected chi connectivity index (χ0v) is 11.2. The summed E-state index contributed by atoms with van der Waals surface area (Å²) < 4.78 is 1.95. The highest BCUT2D eigenvalue weighted by atomic mass is 35.5. The zero-order valence-electron chi connectivity index (χ0n) is 9.69. The number of benzene rings is 1. The van der Waals surface area contributed by atoms with Crippen LogP contribution in [0.3, 0.4) is 0 Å². The molecule has 3 rings (SSSR count). The molecule has 0 saturated carbocycles. The summed E-state index contributed by atoms with van der Waals surface area (Å²) >= 11 is 11.9. The van der Waals surface area contributed by atoms with Gasteiger partial charge in [-0.05, 0) is 30.7 Å². The van der Waals surface area contributed by atoms with E-state index in [1.165, 1.54) is 0 Å². The minimum atomic E-state index is 0.708. The van der Waals surface area contributed by atoms with E-state index in [4.69, 9.17) is 23.2 Å². The summed E-state index contributed by atoms with van der Waals surface area (Å²) in [5.74, 6) is 0. The Labute approximate surface area is 115 Å². The van der Waals surface area contributed by atoms with Gasteiger partial charge in [-0.1, -0.05) is 35.3 Å². The Morgan fingerprint density at radius 2 is 1.72 bits per heavy atom. The molecule has 0 amide bonds. The first kappa shape index (κ1) is 11.6. The lowest BCUT2D eigenvalue weighted by Crippen LogP contribution is -1.85. The van der Waals surface area contributed by atoms with Gasteiger partial charge in [0.15, 0.2) is 0 Å². The van der Waals surface area contributed by atoms with Crippen LogP contribution in [0.1, 0.15) is 5.56 Å². The first-order valence-corrected chi connectivity index (χ1v) is 6.30. The Hall–Kier alpha value is -1.51. The van der Waals surface area contributed by atoms with Crippen molar-refractivity contribution >= 4 is 28.8 Å². The third-order valence-electron chi connectivity index (χ3n) is 2.84. The fourth-order valence-corrected chi connectivity index (χ4v) is 2.38. The lowest BCUT2D eigenvalue weighted by atomic mass is 10.2. The maximum absolute atomic E-state index is 6.03. The first-order chi connectivity index (χ1) is 8.63. The lowest BCUT2D eigenvalue weighted by Gasteiger charge is -1.97. The molecule has 4 heteroatoms. The number of fused-ring (bicyclic) bond motifs is 1. The third-order valence-corrected chi connectivity index (χ3v) is 3.30.